The van der Waals surface area contributed by atoms with Gasteiger partial charge in [-0.25, -0.2) is 13.8 Å². The second-order valence-corrected chi connectivity index (χ2v) is 7.24. The molecule has 0 unspecified atom stereocenters. The summed E-state index contributed by atoms with van der Waals surface area (Å²) in [5.74, 6) is -1.00. The highest BCUT2D eigenvalue weighted by Gasteiger charge is 2.22. The second kappa shape index (κ2) is 8.94. The summed E-state index contributed by atoms with van der Waals surface area (Å²) in [6, 6.07) is 9.03. The minimum Gasteiger partial charge on any atom is -0.471 e. The topological polar surface area (TPSA) is 49.1 Å². The molecule has 1 aliphatic heterocycles. The van der Waals surface area contributed by atoms with Gasteiger partial charge in [0.1, 0.15) is 12.4 Å². The van der Waals surface area contributed by atoms with Gasteiger partial charge in [-0.15, -0.1) is 0 Å². The molecule has 0 amide bonds. The molecule has 1 saturated heterocycles. The largest absolute Gasteiger partial charge is 0.471 e. The van der Waals surface area contributed by atoms with Crippen molar-refractivity contribution < 1.29 is 13.5 Å². The highest BCUT2D eigenvalue weighted by molar-refractivity contribution is 5.33. The van der Waals surface area contributed by atoms with Crippen LogP contribution in [0.4, 0.5) is 8.78 Å². The quantitative estimate of drug-likeness (QED) is 0.686. The number of halogens is 2. The molecule has 0 radical (unpaired) electrons. The lowest BCUT2D eigenvalue weighted by atomic mass is 9.93. The van der Waals surface area contributed by atoms with Crippen molar-refractivity contribution in [2.45, 2.75) is 32.3 Å². The molecule has 146 valence electrons. The van der Waals surface area contributed by atoms with Crippen LogP contribution in [0, 0.1) is 23.0 Å². The Balaban J connectivity index is 1.65. The van der Waals surface area contributed by atoms with Crippen LogP contribution in [0.5, 0.6) is 5.88 Å². The van der Waals surface area contributed by atoms with Crippen molar-refractivity contribution in [2.75, 3.05) is 19.6 Å². The third-order valence-corrected chi connectivity index (χ3v) is 4.88. The summed E-state index contributed by atoms with van der Waals surface area (Å²) in [7, 11) is 0. The number of likely N-dealkylation sites (tertiary alicyclic amines) is 1. The molecule has 2 aromatic rings. The first-order valence-corrected chi connectivity index (χ1v) is 9.30. The lowest BCUT2D eigenvalue weighted by molar-refractivity contribution is 0.224. The van der Waals surface area contributed by atoms with Gasteiger partial charge >= 0.3 is 0 Å². The van der Waals surface area contributed by atoms with Crippen LogP contribution in [0.2, 0.25) is 0 Å². The summed E-state index contributed by atoms with van der Waals surface area (Å²) in [6.07, 6.45) is 1.88. The summed E-state index contributed by atoms with van der Waals surface area (Å²) >= 11 is 0. The highest BCUT2D eigenvalue weighted by Crippen LogP contribution is 2.29. The maximum absolute atomic E-state index is 14.1. The number of benzene rings is 1. The number of nitrogens with zero attached hydrogens (tertiary/aromatic N) is 3. The Labute approximate surface area is 164 Å². The van der Waals surface area contributed by atoms with E-state index in [-0.39, 0.29) is 29.5 Å². The Bertz CT molecular complexity index is 899. The Morgan fingerprint density at radius 2 is 2.00 bits per heavy atom. The molecule has 6 heteroatoms. The molecule has 3 rings (SSSR count). The number of nitriles is 1. The predicted octanol–water partition coefficient (Wildman–Crippen LogP) is 4.57. The van der Waals surface area contributed by atoms with Crippen molar-refractivity contribution >= 4 is 0 Å². The summed E-state index contributed by atoms with van der Waals surface area (Å²) in [4.78, 5) is 6.71. The minimum atomic E-state index is -0.572. The van der Waals surface area contributed by atoms with Gasteiger partial charge < -0.3 is 4.74 Å². The third-order valence-electron chi connectivity index (χ3n) is 4.88. The third kappa shape index (κ3) is 4.93. The summed E-state index contributed by atoms with van der Waals surface area (Å²) in [6.45, 7) is 8.62. The van der Waals surface area contributed by atoms with Crippen LogP contribution < -0.4 is 4.74 Å². The van der Waals surface area contributed by atoms with E-state index in [0.717, 1.165) is 49.8 Å². The molecule has 2 heterocycles. The Morgan fingerprint density at radius 1 is 1.25 bits per heavy atom. The van der Waals surface area contributed by atoms with Gasteiger partial charge in [0.05, 0.1) is 11.6 Å². The molecule has 1 aliphatic rings. The first kappa shape index (κ1) is 20.0. The summed E-state index contributed by atoms with van der Waals surface area (Å²) in [5, 5.41) is 8.80. The lowest BCUT2D eigenvalue weighted by Gasteiger charge is -2.31. The molecule has 1 fully saturated rings. The molecule has 0 atom stereocenters. The molecule has 1 aromatic carbocycles. The van der Waals surface area contributed by atoms with Crippen molar-refractivity contribution in [1.82, 2.24) is 9.88 Å². The van der Waals surface area contributed by atoms with E-state index >= 15 is 0 Å². The maximum atomic E-state index is 14.1. The lowest BCUT2D eigenvalue weighted by Crippen LogP contribution is -2.34. The molecular weight excluding hydrogens is 360 g/mol. The van der Waals surface area contributed by atoms with Crippen LogP contribution in [0.15, 0.2) is 42.5 Å². The number of ether oxygens (including phenoxy) is 1. The van der Waals surface area contributed by atoms with Gasteiger partial charge in [-0.2, -0.15) is 5.26 Å². The number of hydrogen-bond donors (Lipinski definition) is 0. The van der Waals surface area contributed by atoms with E-state index in [9.17, 15) is 8.78 Å². The van der Waals surface area contributed by atoms with E-state index in [1.54, 1.807) is 6.07 Å². The van der Waals surface area contributed by atoms with Gasteiger partial charge in [-0.05, 0) is 57.1 Å². The zero-order valence-electron chi connectivity index (χ0n) is 15.9. The zero-order valence-corrected chi connectivity index (χ0v) is 15.9. The van der Waals surface area contributed by atoms with Gasteiger partial charge in [0.15, 0.2) is 5.82 Å². The van der Waals surface area contributed by atoms with E-state index in [2.05, 4.69) is 16.5 Å². The Kier molecular flexibility index (Phi) is 6.37. The van der Waals surface area contributed by atoms with Crippen molar-refractivity contribution in [3.8, 4) is 11.9 Å². The summed E-state index contributed by atoms with van der Waals surface area (Å²) in [5.41, 5.74) is 2.42. The molecule has 0 bridgehead atoms. The first-order chi connectivity index (χ1) is 13.5. The molecule has 0 aliphatic carbocycles. The predicted molar refractivity (Wildman–Crippen MR) is 103 cm³/mol. The van der Waals surface area contributed by atoms with Crippen LogP contribution in [0.25, 0.3) is 0 Å². The van der Waals surface area contributed by atoms with E-state index in [1.807, 2.05) is 13.0 Å². The second-order valence-electron chi connectivity index (χ2n) is 7.24. The van der Waals surface area contributed by atoms with E-state index in [1.165, 1.54) is 18.2 Å². The highest BCUT2D eigenvalue weighted by atomic mass is 19.1. The standard InChI is InChI=1S/C22H23F2N3O/c1-15(2)13-27-9-7-17(8-10-27)21-6-5-19(23)22(26-21)28-14-18-4-3-16(12-25)11-20(18)24/h3-6,11,17H,1,7-10,13-14H2,2H3. The van der Waals surface area contributed by atoms with Crippen LogP contribution in [-0.2, 0) is 6.61 Å². The van der Waals surface area contributed by atoms with Crippen LogP contribution >= 0.6 is 0 Å². The van der Waals surface area contributed by atoms with Crippen LogP contribution in [-0.4, -0.2) is 29.5 Å². The number of pyridine rings is 1. The Hall–Kier alpha value is -2.78. The fraction of sp³-hybridized carbons (Fsp3) is 0.364. The zero-order chi connectivity index (χ0) is 20.1. The average molecular weight is 383 g/mol. The van der Waals surface area contributed by atoms with Gasteiger partial charge in [0.25, 0.3) is 5.88 Å². The molecule has 28 heavy (non-hydrogen) atoms. The van der Waals surface area contributed by atoms with E-state index in [4.69, 9.17) is 10.00 Å². The first-order valence-electron chi connectivity index (χ1n) is 9.30. The molecule has 0 spiro atoms. The molecule has 1 aromatic heterocycles. The normalized spacial score (nSPS) is 15.2. The van der Waals surface area contributed by atoms with Gasteiger partial charge in [-0.1, -0.05) is 18.2 Å². The van der Waals surface area contributed by atoms with Crippen LogP contribution in [0.1, 0.15) is 42.5 Å². The van der Waals surface area contributed by atoms with Crippen molar-refractivity contribution in [2.24, 2.45) is 0 Å². The summed E-state index contributed by atoms with van der Waals surface area (Å²) < 4.78 is 33.6. The van der Waals surface area contributed by atoms with Gasteiger partial charge in [-0.3, -0.25) is 4.90 Å². The average Bonchev–Trinajstić information content (AvgIpc) is 2.68. The maximum Gasteiger partial charge on any atom is 0.250 e. The number of aromatic nitrogens is 1. The van der Waals surface area contributed by atoms with Gasteiger partial charge in [0.2, 0.25) is 0 Å². The fourth-order valence-electron chi connectivity index (χ4n) is 3.41. The molecular formula is C22H23F2N3O. The monoisotopic (exact) mass is 383 g/mol. The van der Waals surface area contributed by atoms with Crippen molar-refractivity contribution in [3.63, 3.8) is 0 Å². The van der Waals surface area contributed by atoms with E-state index in [0.29, 0.717) is 0 Å². The number of piperidine rings is 1. The van der Waals surface area contributed by atoms with Crippen LogP contribution in [0.3, 0.4) is 0 Å². The minimum absolute atomic E-state index is 0.120. The molecule has 0 saturated carbocycles. The van der Waals surface area contributed by atoms with Gasteiger partial charge in [0, 0.05) is 23.7 Å². The molecule has 4 nitrogen and oxygen atoms in total. The van der Waals surface area contributed by atoms with Crippen molar-refractivity contribution in [3.05, 3.63) is 70.9 Å². The van der Waals surface area contributed by atoms with E-state index < -0.39 is 11.6 Å². The Morgan fingerprint density at radius 3 is 2.64 bits per heavy atom. The molecule has 0 N–H and O–H groups in total. The fourth-order valence-corrected chi connectivity index (χ4v) is 3.41. The van der Waals surface area contributed by atoms with Crippen molar-refractivity contribution in [1.29, 1.82) is 5.26 Å². The number of hydrogen-bond acceptors (Lipinski definition) is 4. The number of rotatable bonds is 6. The SMILES string of the molecule is C=C(C)CN1CCC(c2ccc(F)c(OCc3ccc(C#N)cc3F)n2)CC1. The smallest absolute Gasteiger partial charge is 0.250 e.